The van der Waals surface area contributed by atoms with Crippen LogP contribution in [0.4, 0.5) is 0 Å². The van der Waals surface area contributed by atoms with E-state index >= 15 is 0 Å². The molecular weight excluding hydrogens is 434 g/mol. The van der Waals surface area contributed by atoms with Crippen LogP contribution in [-0.2, 0) is 4.74 Å². The van der Waals surface area contributed by atoms with Crippen LogP contribution in [0.3, 0.4) is 0 Å². The quantitative estimate of drug-likeness (QED) is 0.332. The van der Waals surface area contributed by atoms with E-state index in [9.17, 15) is 10.1 Å². The van der Waals surface area contributed by atoms with Crippen molar-refractivity contribution in [2.75, 3.05) is 7.11 Å². The largest absolute Gasteiger partial charge is 0.465 e. The minimum Gasteiger partial charge on any atom is -0.465 e. The van der Waals surface area contributed by atoms with E-state index in [0.29, 0.717) is 34.0 Å². The number of nitrogens with zero attached hydrogens (tertiary/aromatic N) is 2. The molecule has 0 aliphatic heterocycles. The van der Waals surface area contributed by atoms with Gasteiger partial charge in [-0.3, -0.25) is 0 Å². The maximum absolute atomic E-state index is 12.1. The molecule has 7 heteroatoms. The fourth-order valence-electron chi connectivity index (χ4n) is 2.96. The number of H-pyrrole nitrogens is 1. The van der Waals surface area contributed by atoms with Crippen LogP contribution in [0.5, 0.6) is 0 Å². The number of nitriles is 1. The van der Waals surface area contributed by atoms with Crippen molar-refractivity contribution in [3.05, 3.63) is 76.2 Å². The molecule has 2 aromatic heterocycles. The number of benzene rings is 2. The third kappa shape index (κ3) is 3.71. The van der Waals surface area contributed by atoms with E-state index in [1.54, 1.807) is 30.3 Å². The molecule has 0 atom stereocenters. The number of hydrogen-bond donors (Lipinski definition) is 1. The van der Waals surface area contributed by atoms with Gasteiger partial charge in [0.05, 0.1) is 29.3 Å². The van der Waals surface area contributed by atoms with E-state index in [4.69, 9.17) is 9.15 Å². The molecule has 0 bridgehead atoms. The second kappa shape index (κ2) is 7.78. The Morgan fingerprint density at radius 3 is 2.83 bits per heavy atom. The number of aromatic nitrogens is 2. The first-order valence-electron chi connectivity index (χ1n) is 8.64. The molecule has 2 aromatic carbocycles. The number of methoxy groups -OCH3 is 1. The summed E-state index contributed by atoms with van der Waals surface area (Å²) < 4.78 is 11.5. The lowest BCUT2D eigenvalue weighted by Crippen LogP contribution is -2.03. The summed E-state index contributed by atoms with van der Waals surface area (Å²) in [5.41, 5.74) is 2.94. The van der Waals surface area contributed by atoms with Crippen molar-refractivity contribution in [3.8, 4) is 17.4 Å². The number of halogens is 1. The zero-order valence-corrected chi connectivity index (χ0v) is 16.9. The number of nitrogens with one attached hydrogen (secondary N) is 1. The zero-order valence-electron chi connectivity index (χ0n) is 15.3. The highest BCUT2D eigenvalue weighted by Gasteiger charge is 2.17. The van der Waals surface area contributed by atoms with Crippen molar-refractivity contribution in [3.63, 3.8) is 0 Å². The van der Waals surface area contributed by atoms with Gasteiger partial charge in [-0.2, -0.15) is 5.26 Å². The van der Waals surface area contributed by atoms with Crippen LogP contribution in [0.25, 0.3) is 34.0 Å². The molecule has 0 aliphatic rings. The zero-order chi connectivity index (χ0) is 20.4. The summed E-state index contributed by atoms with van der Waals surface area (Å²) in [5, 5.41) is 9.58. The maximum atomic E-state index is 12.1. The smallest absolute Gasteiger partial charge is 0.338 e. The van der Waals surface area contributed by atoms with Gasteiger partial charge in [0.2, 0.25) is 0 Å². The summed E-state index contributed by atoms with van der Waals surface area (Å²) in [6.45, 7) is 0. The van der Waals surface area contributed by atoms with Gasteiger partial charge in [0.15, 0.2) is 0 Å². The number of imidazole rings is 1. The Hall–Kier alpha value is -3.63. The van der Waals surface area contributed by atoms with Gasteiger partial charge < -0.3 is 14.1 Å². The molecule has 0 spiro atoms. The Labute approximate surface area is 174 Å². The molecule has 142 valence electrons. The summed E-state index contributed by atoms with van der Waals surface area (Å²) in [7, 11) is 1.33. The Bertz CT molecular complexity index is 1260. The number of hydrogen-bond acceptors (Lipinski definition) is 5. The molecule has 6 nitrogen and oxygen atoms in total. The molecule has 0 unspecified atom stereocenters. The second-order valence-corrected chi connectivity index (χ2v) is 7.07. The van der Waals surface area contributed by atoms with Gasteiger partial charge in [-0.1, -0.05) is 28.1 Å². The van der Waals surface area contributed by atoms with Crippen LogP contribution in [0.1, 0.15) is 21.9 Å². The van der Waals surface area contributed by atoms with Crippen molar-refractivity contribution in [1.29, 1.82) is 5.26 Å². The summed E-state index contributed by atoms with van der Waals surface area (Å²) in [4.78, 5) is 19.7. The summed E-state index contributed by atoms with van der Waals surface area (Å²) in [5.74, 6) is 0.960. The molecule has 0 radical (unpaired) electrons. The molecule has 1 N–H and O–H groups in total. The van der Waals surface area contributed by atoms with Gasteiger partial charge in [-0.25, -0.2) is 9.78 Å². The van der Waals surface area contributed by atoms with Gasteiger partial charge in [0.25, 0.3) is 0 Å². The van der Waals surface area contributed by atoms with Gasteiger partial charge in [0, 0.05) is 16.1 Å². The fourth-order valence-corrected chi connectivity index (χ4v) is 3.32. The van der Waals surface area contributed by atoms with Crippen molar-refractivity contribution in [2.24, 2.45) is 0 Å². The lowest BCUT2D eigenvalue weighted by Gasteiger charge is -2.06. The Balaban J connectivity index is 1.72. The molecule has 0 saturated carbocycles. The molecule has 4 aromatic rings. The number of fused-ring (bicyclic) bond motifs is 1. The third-order valence-electron chi connectivity index (χ3n) is 4.33. The van der Waals surface area contributed by atoms with Crippen molar-refractivity contribution < 1.29 is 13.9 Å². The Kier molecular flexibility index (Phi) is 5.02. The molecule has 2 heterocycles. The number of esters is 1. The van der Waals surface area contributed by atoms with Gasteiger partial charge in [-0.05, 0) is 42.5 Å². The first-order chi connectivity index (χ1) is 14.1. The predicted molar refractivity (Wildman–Crippen MR) is 113 cm³/mol. The molecule has 0 saturated heterocycles. The van der Waals surface area contributed by atoms with Crippen LogP contribution in [0.15, 0.2) is 63.5 Å². The van der Waals surface area contributed by atoms with E-state index in [-0.39, 0.29) is 0 Å². The number of carbonyl (C=O) groups excluding carboxylic acids is 1. The highest BCUT2D eigenvalue weighted by Crippen LogP contribution is 2.30. The number of allylic oxidation sites excluding steroid dienone is 1. The van der Waals surface area contributed by atoms with E-state index in [1.165, 1.54) is 7.11 Å². The molecule has 0 amide bonds. The maximum Gasteiger partial charge on any atom is 0.338 e. The number of furan rings is 1. The van der Waals surface area contributed by atoms with Crippen molar-refractivity contribution >= 4 is 44.6 Å². The van der Waals surface area contributed by atoms with Crippen LogP contribution in [-0.4, -0.2) is 23.0 Å². The molecule has 29 heavy (non-hydrogen) atoms. The first-order valence-corrected chi connectivity index (χ1v) is 9.43. The average molecular weight is 448 g/mol. The fraction of sp³-hybridized carbons (Fsp3) is 0.0455. The van der Waals surface area contributed by atoms with Crippen LogP contribution < -0.4 is 0 Å². The summed E-state index contributed by atoms with van der Waals surface area (Å²) >= 11 is 3.36. The molecule has 0 aliphatic carbocycles. The lowest BCUT2D eigenvalue weighted by atomic mass is 10.1. The summed E-state index contributed by atoms with van der Waals surface area (Å²) in [6, 6.07) is 18.4. The number of aromatic amines is 1. The number of carbonyl (C=O) groups is 1. The minimum atomic E-state index is -0.463. The minimum absolute atomic E-state index is 0.339. The van der Waals surface area contributed by atoms with E-state index in [0.717, 1.165) is 15.5 Å². The van der Waals surface area contributed by atoms with Crippen LogP contribution >= 0.6 is 15.9 Å². The number of para-hydroxylation sites is 2. The van der Waals surface area contributed by atoms with Crippen molar-refractivity contribution in [1.82, 2.24) is 9.97 Å². The number of rotatable bonds is 4. The molecule has 0 fully saturated rings. The first kappa shape index (κ1) is 18.7. The van der Waals surface area contributed by atoms with Crippen LogP contribution in [0.2, 0.25) is 0 Å². The molecular formula is C22H14BrN3O3. The molecule has 4 rings (SSSR count). The number of ether oxygens (including phenoxy) is 1. The highest BCUT2D eigenvalue weighted by molar-refractivity contribution is 9.10. The monoisotopic (exact) mass is 447 g/mol. The van der Waals surface area contributed by atoms with E-state index in [1.807, 2.05) is 30.3 Å². The van der Waals surface area contributed by atoms with Crippen molar-refractivity contribution in [2.45, 2.75) is 0 Å². The lowest BCUT2D eigenvalue weighted by molar-refractivity contribution is 0.0601. The predicted octanol–water partition coefficient (Wildman–Crippen LogP) is 5.44. The van der Waals surface area contributed by atoms with Crippen LogP contribution in [0, 0.1) is 11.3 Å². The van der Waals surface area contributed by atoms with Gasteiger partial charge in [0.1, 0.15) is 23.4 Å². The highest BCUT2D eigenvalue weighted by atomic mass is 79.9. The normalized spacial score (nSPS) is 11.4. The Morgan fingerprint density at radius 1 is 1.24 bits per heavy atom. The Morgan fingerprint density at radius 2 is 2.07 bits per heavy atom. The second-order valence-electron chi connectivity index (χ2n) is 6.16. The SMILES string of the molecule is COC(=O)c1cc(Br)ccc1-c1ccc(/C=C(/C#N)c2nc3ccccc3[nH]2)o1. The third-order valence-corrected chi connectivity index (χ3v) is 4.82. The van der Waals surface area contributed by atoms with E-state index < -0.39 is 5.97 Å². The van der Waals surface area contributed by atoms with E-state index in [2.05, 4.69) is 32.0 Å². The standard InChI is InChI=1S/C22H14BrN3O3/c1-28-22(27)17-11-14(23)6-8-16(17)20-9-7-15(29-20)10-13(12-24)21-25-18-4-2-3-5-19(18)26-21/h2-11H,1H3,(H,25,26)/b13-10-. The summed E-state index contributed by atoms with van der Waals surface area (Å²) in [6.07, 6.45) is 1.61. The van der Waals surface area contributed by atoms with Gasteiger partial charge >= 0.3 is 5.97 Å². The topological polar surface area (TPSA) is 91.9 Å². The van der Waals surface area contributed by atoms with Gasteiger partial charge in [-0.15, -0.1) is 0 Å². The average Bonchev–Trinajstić information content (AvgIpc) is 3.38.